The van der Waals surface area contributed by atoms with Gasteiger partial charge in [0.2, 0.25) is 0 Å². The monoisotopic (exact) mass is 259 g/mol. The molecule has 0 spiro atoms. The van der Waals surface area contributed by atoms with E-state index in [0.29, 0.717) is 0 Å². The topological polar surface area (TPSA) is 3.24 Å². The van der Waals surface area contributed by atoms with Crippen molar-refractivity contribution in [1.29, 1.82) is 0 Å². The van der Waals surface area contributed by atoms with E-state index in [1.807, 2.05) is 18.2 Å². The van der Waals surface area contributed by atoms with Crippen LogP contribution < -0.4 is 4.90 Å². The Labute approximate surface area is 122 Å². The minimum atomic E-state index is 0. The lowest BCUT2D eigenvalue weighted by molar-refractivity contribution is 1.28. The highest BCUT2D eigenvalue weighted by atomic mass is 15.1. The van der Waals surface area contributed by atoms with Crippen molar-refractivity contribution in [3.8, 4) is 0 Å². The Balaban J connectivity index is 0.00000147. The molecule has 98 valence electrons. The number of nitrogens with zero attached hydrogens (tertiary/aromatic N) is 1. The van der Waals surface area contributed by atoms with Gasteiger partial charge in [-0.25, -0.2) is 0 Å². The number of benzene rings is 3. The smallest absolute Gasteiger partial charge is 0.0814 e. The van der Waals surface area contributed by atoms with Crippen molar-refractivity contribution in [3.63, 3.8) is 0 Å². The molecule has 0 fully saturated rings. The average molecular weight is 259 g/mol. The van der Waals surface area contributed by atoms with Crippen molar-refractivity contribution in [2.45, 2.75) is 0 Å². The van der Waals surface area contributed by atoms with E-state index >= 15 is 0 Å². The minimum Gasteiger partial charge on any atom is -0.311 e. The van der Waals surface area contributed by atoms with E-state index in [1.54, 1.807) is 0 Å². The zero-order chi connectivity index (χ0) is 12.9. The van der Waals surface area contributed by atoms with Crippen molar-refractivity contribution >= 4 is 25.5 Å². The highest BCUT2D eigenvalue weighted by Gasteiger charge is 2.10. The molecule has 3 aromatic carbocycles. The largest absolute Gasteiger partial charge is 0.311 e. The summed E-state index contributed by atoms with van der Waals surface area (Å²) in [5.74, 6) is 0. The van der Waals surface area contributed by atoms with Crippen LogP contribution in [0.4, 0.5) is 17.1 Å². The van der Waals surface area contributed by atoms with Crippen LogP contribution in [0.1, 0.15) is 0 Å². The van der Waals surface area contributed by atoms with Crippen LogP contribution in [0.15, 0.2) is 91.0 Å². The summed E-state index contributed by atoms with van der Waals surface area (Å²) < 4.78 is 0. The molecule has 0 amide bonds. The van der Waals surface area contributed by atoms with Gasteiger partial charge < -0.3 is 4.90 Å². The predicted octanol–water partition coefficient (Wildman–Crippen LogP) is 3.97. The van der Waals surface area contributed by atoms with Gasteiger partial charge in [-0.1, -0.05) is 54.6 Å². The van der Waals surface area contributed by atoms with Crippen LogP contribution in [0.25, 0.3) is 0 Å². The van der Waals surface area contributed by atoms with E-state index < -0.39 is 0 Å². The third-order valence-corrected chi connectivity index (χ3v) is 3.04. The third kappa shape index (κ3) is 2.91. The zero-order valence-corrected chi connectivity index (χ0v) is 10.6. The summed E-state index contributed by atoms with van der Waals surface area (Å²) in [6.07, 6.45) is 0. The molecular formula is C18H18BN. The molecule has 0 heterocycles. The maximum absolute atomic E-state index is 2.25. The molecule has 0 aromatic heterocycles. The number of anilines is 3. The summed E-state index contributed by atoms with van der Waals surface area (Å²) in [4.78, 5) is 2.25. The molecule has 3 rings (SSSR count). The number of para-hydroxylation sites is 3. The van der Waals surface area contributed by atoms with Crippen LogP contribution in [0, 0.1) is 0 Å². The van der Waals surface area contributed by atoms with Gasteiger partial charge >= 0.3 is 0 Å². The second kappa shape index (κ2) is 6.62. The molecule has 0 N–H and O–H groups in total. The Morgan fingerprint density at radius 3 is 0.900 bits per heavy atom. The van der Waals surface area contributed by atoms with E-state index in [1.165, 1.54) is 17.1 Å². The van der Waals surface area contributed by atoms with Gasteiger partial charge in [-0.15, -0.1) is 0 Å². The molecule has 0 aliphatic heterocycles. The first kappa shape index (κ1) is 13.9. The molecule has 0 saturated heterocycles. The first-order valence-electron chi connectivity index (χ1n) is 6.40. The lowest BCUT2D eigenvalue weighted by Crippen LogP contribution is -2.09. The summed E-state index contributed by atoms with van der Waals surface area (Å²) in [5.41, 5.74) is 3.50. The highest BCUT2D eigenvalue weighted by Crippen LogP contribution is 2.33. The van der Waals surface area contributed by atoms with Crippen molar-refractivity contribution < 1.29 is 0 Å². The average Bonchev–Trinajstić information content (AvgIpc) is 2.51. The van der Waals surface area contributed by atoms with Crippen molar-refractivity contribution in [2.24, 2.45) is 0 Å². The van der Waals surface area contributed by atoms with Crippen LogP contribution in [-0.2, 0) is 0 Å². The Bertz CT molecular complexity index is 529. The number of rotatable bonds is 3. The fourth-order valence-electron chi connectivity index (χ4n) is 2.18. The van der Waals surface area contributed by atoms with E-state index in [-0.39, 0.29) is 8.41 Å². The molecule has 0 aliphatic carbocycles. The molecule has 0 radical (unpaired) electrons. The normalized spacial score (nSPS) is 9.60. The molecule has 1 nitrogen and oxygen atoms in total. The zero-order valence-electron chi connectivity index (χ0n) is 10.6. The molecule has 0 aliphatic rings. The lowest BCUT2D eigenvalue weighted by Gasteiger charge is -2.25. The van der Waals surface area contributed by atoms with E-state index in [0.717, 1.165) is 0 Å². The molecule has 2 heteroatoms. The maximum atomic E-state index is 2.25. The predicted molar refractivity (Wildman–Crippen MR) is 91.1 cm³/mol. The van der Waals surface area contributed by atoms with Gasteiger partial charge in [0.15, 0.2) is 0 Å². The number of hydrogen-bond donors (Lipinski definition) is 0. The molecule has 3 aromatic rings. The Morgan fingerprint density at radius 2 is 0.650 bits per heavy atom. The number of hydrogen-bond acceptors (Lipinski definition) is 1. The molecule has 0 bridgehead atoms. The van der Waals surface area contributed by atoms with Crippen LogP contribution in [0.3, 0.4) is 0 Å². The second-order valence-corrected chi connectivity index (χ2v) is 4.34. The van der Waals surface area contributed by atoms with Crippen LogP contribution in [0.2, 0.25) is 0 Å². The van der Waals surface area contributed by atoms with Gasteiger partial charge in [0.05, 0.1) is 8.41 Å². The SMILES string of the molecule is B.c1ccc(N(c2ccccc2)c2ccccc2)cc1. The second-order valence-electron chi connectivity index (χ2n) is 4.34. The van der Waals surface area contributed by atoms with Gasteiger partial charge in [-0.3, -0.25) is 0 Å². The van der Waals surface area contributed by atoms with Crippen LogP contribution in [0.5, 0.6) is 0 Å². The van der Waals surface area contributed by atoms with Crippen LogP contribution in [-0.4, -0.2) is 8.41 Å². The quantitative estimate of drug-likeness (QED) is 0.643. The molecule has 0 unspecified atom stereocenters. The summed E-state index contributed by atoms with van der Waals surface area (Å²) >= 11 is 0. The fourth-order valence-corrected chi connectivity index (χ4v) is 2.18. The third-order valence-electron chi connectivity index (χ3n) is 3.04. The molecule has 0 saturated carbocycles. The molecular weight excluding hydrogens is 241 g/mol. The van der Waals surface area contributed by atoms with Crippen molar-refractivity contribution in [1.82, 2.24) is 0 Å². The Kier molecular flexibility index (Phi) is 4.62. The summed E-state index contributed by atoms with van der Waals surface area (Å²) in [6, 6.07) is 31.3. The summed E-state index contributed by atoms with van der Waals surface area (Å²) in [7, 11) is 0. The van der Waals surface area contributed by atoms with Gasteiger partial charge in [-0.05, 0) is 36.4 Å². The van der Waals surface area contributed by atoms with Gasteiger partial charge in [0.25, 0.3) is 0 Å². The van der Waals surface area contributed by atoms with E-state index in [9.17, 15) is 0 Å². The lowest BCUT2D eigenvalue weighted by atomic mass is 10.2. The molecule has 20 heavy (non-hydrogen) atoms. The fraction of sp³-hybridized carbons (Fsp3) is 0. The summed E-state index contributed by atoms with van der Waals surface area (Å²) in [6.45, 7) is 0. The van der Waals surface area contributed by atoms with Gasteiger partial charge in [-0.2, -0.15) is 0 Å². The first-order valence-corrected chi connectivity index (χ1v) is 6.40. The highest BCUT2D eigenvalue weighted by molar-refractivity contribution is 5.76. The van der Waals surface area contributed by atoms with E-state index in [2.05, 4.69) is 77.7 Å². The first-order chi connectivity index (χ1) is 9.45. The Morgan fingerprint density at radius 1 is 0.400 bits per heavy atom. The standard InChI is InChI=1S/C18H15N.BH3/c1-4-10-16(11-5-1)19(17-12-6-2-7-13-17)18-14-8-3-9-15-18;/h1-15H;1H3. The van der Waals surface area contributed by atoms with E-state index in [4.69, 9.17) is 0 Å². The maximum Gasteiger partial charge on any atom is 0.0814 e. The van der Waals surface area contributed by atoms with Crippen LogP contribution >= 0.6 is 0 Å². The van der Waals surface area contributed by atoms with Gasteiger partial charge in [0.1, 0.15) is 0 Å². The Hall–Kier alpha value is -2.48. The molecule has 0 atom stereocenters. The minimum absolute atomic E-state index is 0. The van der Waals surface area contributed by atoms with Crippen molar-refractivity contribution in [2.75, 3.05) is 4.90 Å². The summed E-state index contributed by atoms with van der Waals surface area (Å²) in [5, 5.41) is 0. The van der Waals surface area contributed by atoms with Gasteiger partial charge in [0, 0.05) is 17.1 Å². The van der Waals surface area contributed by atoms with Crippen molar-refractivity contribution in [3.05, 3.63) is 91.0 Å².